The Morgan fingerprint density at radius 3 is 1.24 bits per heavy atom. The monoisotopic (exact) mass is 622 g/mol. The van der Waals surface area contributed by atoms with Crippen molar-refractivity contribution in [2.75, 3.05) is 0 Å². The maximum Gasteiger partial charge on any atom is 0.639 e. The molecule has 0 rings (SSSR count). The zero-order valence-corrected chi connectivity index (χ0v) is 32.5. The fourth-order valence-corrected chi connectivity index (χ4v) is 27.9. The van der Waals surface area contributed by atoms with E-state index in [0.717, 1.165) is 36.3 Å². The standard InChI is InChI=1S/C27H62O6Si5/c1-16-35(17-2,18-3)31-38(30-34(13,14)15,32-36(19-4,20-5)21-6)33-37(22-24(7)8,23-25(9)10)29-27(28)26(11)12/h24-25H,11,16-23H2,1-10,12-15H3. The molecule has 0 aromatic rings. The van der Waals surface area contributed by atoms with Crippen molar-refractivity contribution >= 4 is 48.5 Å². The lowest BCUT2D eigenvalue weighted by Gasteiger charge is -2.48. The number of rotatable bonds is 20. The number of carbonyl (C=O) groups excluding carboxylic acids is 1. The Morgan fingerprint density at radius 1 is 0.658 bits per heavy atom. The lowest BCUT2D eigenvalue weighted by atomic mass is 10.3. The molecular weight excluding hydrogens is 561 g/mol. The summed E-state index contributed by atoms with van der Waals surface area (Å²) in [4.78, 5) is 13.2. The molecule has 0 heterocycles. The van der Waals surface area contributed by atoms with Crippen molar-refractivity contribution in [2.24, 2.45) is 11.8 Å². The van der Waals surface area contributed by atoms with Crippen molar-refractivity contribution in [1.82, 2.24) is 0 Å². The Balaban J connectivity index is 7.49. The molecule has 0 saturated carbocycles. The van der Waals surface area contributed by atoms with Crippen LogP contribution in [0.15, 0.2) is 12.2 Å². The highest BCUT2D eigenvalue weighted by molar-refractivity contribution is 6.92. The van der Waals surface area contributed by atoms with E-state index in [1.54, 1.807) is 6.92 Å². The molecule has 38 heavy (non-hydrogen) atoms. The van der Waals surface area contributed by atoms with Crippen LogP contribution in [-0.2, 0) is 25.7 Å². The van der Waals surface area contributed by atoms with Crippen molar-refractivity contribution < 1.29 is 25.7 Å². The Labute approximate surface area is 241 Å². The van der Waals surface area contributed by atoms with Gasteiger partial charge in [-0.3, -0.25) is 0 Å². The molecule has 0 bridgehead atoms. The number of hydrogen-bond donors (Lipinski definition) is 0. The van der Waals surface area contributed by atoms with E-state index in [9.17, 15) is 4.79 Å². The molecule has 0 radical (unpaired) electrons. The molecule has 6 nitrogen and oxygen atoms in total. The summed E-state index contributed by atoms with van der Waals surface area (Å²) < 4.78 is 35.7. The Morgan fingerprint density at radius 2 is 1.00 bits per heavy atom. The van der Waals surface area contributed by atoms with Gasteiger partial charge in [0, 0.05) is 17.7 Å². The molecule has 226 valence electrons. The Kier molecular flexibility index (Phi) is 16.0. The quantitative estimate of drug-likeness (QED) is 0.0996. The predicted octanol–water partition coefficient (Wildman–Crippen LogP) is 9.21. The lowest BCUT2D eigenvalue weighted by molar-refractivity contribution is -0.132. The van der Waals surface area contributed by atoms with E-state index in [-0.39, 0.29) is 17.8 Å². The maximum absolute atomic E-state index is 13.2. The van der Waals surface area contributed by atoms with Crippen LogP contribution in [0.2, 0.25) is 68.0 Å². The summed E-state index contributed by atoms with van der Waals surface area (Å²) in [6.45, 7) is 34.1. The molecule has 0 amide bonds. The predicted molar refractivity (Wildman–Crippen MR) is 174 cm³/mol. The second kappa shape index (κ2) is 16.0. The normalized spacial score (nSPS) is 13.9. The van der Waals surface area contributed by atoms with E-state index < -0.39 is 42.6 Å². The molecule has 0 spiro atoms. The van der Waals surface area contributed by atoms with E-state index in [1.807, 2.05) is 0 Å². The minimum atomic E-state index is -3.76. The summed E-state index contributed by atoms with van der Waals surface area (Å²) in [6, 6.07) is 7.10. The molecule has 0 unspecified atom stereocenters. The first-order chi connectivity index (χ1) is 17.4. The third-order valence-corrected chi connectivity index (χ3v) is 29.9. The molecule has 0 saturated heterocycles. The summed E-state index contributed by atoms with van der Waals surface area (Å²) in [6.07, 6.45) is 0. The minimum Gasteiger partial charge on any atom is -0.491 e. The van der Waals surface area contributed by atoms with Crippen molar-refractivity contribution in [3.63, 3.8) is 0 Å². The molecule has 11 heteroatoms. The van der Waals surface area contributed by atoms with Gasteiger partial charge in [0.25, 0.3) is 0 Å². The molecule has 0 aliphatic heterocycles. The topological polar surface area (TPSA) is 63.2 Å². The first-order valence-electron chi connectivity index (χ1n) is 15.0. The van der Waals surface area contributed by atoms with Gasteiger partial charge in [0.15, 0.2) is 25.0 Å². The third-order valence-electron chi connectivity index (χ3n) is 7.36. The molecule has 0 aliphatic carbocycles. The second-order valence-electron chi connectivity index (χ2n) is 12.8. The van der Waals surface area contributed by atoms with Crippen molar-refractivity contribution in [2.45, 2.75) is 144 Å². The van der Waals surface area contributed by atoms with Crippen molar-refractivity contribution in [3.05, 3.63) is 12.2 Å². The van der Waals surface area contributed by atoms with Crippen LogP contribution in [0.25, 0.3) is 0 Å². The summed E-state index contributed by atoms with van der Waals surface area (Å²) >= 11 is 0. The van der Waals surface area contributed by atoms with E-state index in [0.29, 0.717) is 17.7 Å². The van der Waals surface area contributed by atoms with Crippen LogP contribution in [0.4, 0.5) is 0 Å². The van der Waals surface area contributed by atoms with Gasteiger partial charge >= 0.3 is 23.6 Å². The Hall–Kier alpha value is 0.134. The molecular formula is C27H62O6Si5. The molecule has 0 fully saturated rings. The maximum atomic E-state index is 13.2. The van der Waals surface area contributed by atoms with E-state index in [4.69, 9.17) is 20.9 Å². The van der Waals surface area contributed by atoms with Crippen LogP contribution in [0.5, 0.6) is 0 Å². The number of carbonyl (C=O) groups is 1. The number of hydrogen-bond acceptors (Lipinski definition) is 6. The summed E-state index contributed by atoms with van der Waals surface area (Å²) in [7, 11) is -13.7. The van der Waals surface area contributed by atoms with Gasteiger partial charge in [-0.15, -0.1) is 0 Å². The van der Waals surface area contributed by atoms with Gasteiger partial charge in [0.1, 0.15) is 0 Å². The van der Waals surface area contributed by atoms with Gasteiger partial charge < -0.3 is 20.9 Å². The molecule has 0 aliphatic rings. The highest BCUT2D eigenvalue weighted by Gasteiger charge is 2.62. The van der Waals surface area contributed by atoms with Crippen molar-refractivity contribution in [1.29, 1.82) is 0 Å². The average Bonchev–Trinajstić information content (AvgIpc) is 2.79. The Bertz CT molecular complexity index is 681. The SMILES string of the molecule is C=C(C)C(=O)O[Si](CC(C)C)(CC(C)C)O[Si](O[Si](C)(C)C)(O[Si](CC)(CC)CC)O[Si](CC)(CC)CC. The average molecular weight is 623 g/mol. The summed E-state index contributed by atoms with van der Waals surface area (Å²) in [5.41, 5.74) is 0.386. The van der Waals surface area contributed by atoms with Crippen LogP contribution in [0, 0.1) is 11.8 Å². The molecule has 0 N–H and O–H groups in total. The van der Waals surface area contributed by atoms with Gasteiger partial charge in [0.05, 0.1) is 0 Å². The lowest BCUT2D eigenvalue weighted by Crippen LogP contribution is -2.69. The van der Waals surface area contributed by atoms with Crippen LogP contribution in [-0.4, -0.2) is 48.5 Å². The smallest absolute Gasteiger partial charge is 0.491 e. The third kappa shape index (κ3) is 11.9. The zero-order valence-electron chi connectivity index (χ0n) is 27.5. The summed E-state index contributed by atoms with van der Waals surface area (Å²) in [5.74, 6) is 0.157. The van der Waals surface area contributed by atoms with E-state index in [1.165, 1.54) is 0 Å². The molecule has 0 aromatic heterocycles. The van der Waals surface area contributed by atoms with Gasteiger partial charge in [-0.1, -0.05) is 75.8 Å². The van der Waals surface area contributed by atoms with Crippen molar-refractivity contribution in [3.8, 4) is 0 Å². The van der Waals surface area contributed by atoms with Gasteiger partial charge in [-0.2, -0.15) is 0 Å². The fourth-order valence-electron chi connectivity index (χ4n) is 4.96. The van der Waals surface area contributed by atoms with Gasteiger partial charge in [-0.25, -0.2) is 4.79 Å². The highest BCUT2D eigenvalue weighted by Crippen LogP contribution is 2.40. The van der Waals surface area contributed by atoms with Crippen LogP contribution in [0.1, 0.15) is 76.2 Å². The first kappa shape index (κ1) is 38.1. The highest BCUT2D eigenvalue weighted by atomic mass is 28.5. The second-order valence-corrected chi connectivity index (χ2v) is 33.1. The van der Waals surface area contributed by atoms with Crippen LogP contribution in [0.3, 0.4) is 0 Å². The molecule has 0 aromatic carbocycles. The molecule has 0 atom stereocenters. The van der Waals surface area contributed by atoms with Crippen LogP contribution < -0.4 is 0 Å². The van der Waals surface area contributed by atoms with E-state index >= 15 is 0 Å². The van der Waals surface area contributed by atoms with Gasteiger partial charge in [0.2, 0.25) is 0 Å². The summed E-state index contributed by atoms with van der Waals surface area (Å²) in [5, 5.41) is 0. The zero-order chi connectivity index (χ0) is 30.0. The first-order valence-corrected chi connectivity index (χ1v) is 27.4. The van der Waals surface area contributed by atoms with E-state index in [2.05, 4.69) is 95.5 Å². The van der Waals surface area contributed by atoms with Crippen LogP contribution >= 0.6 is 0 Å². The van der Waals surface area contributed by atoms with Gasteiger partial charge in [-0.05, 0) is 74.7 Å². The minimum absolute atomic E-state index is 0.271. The largest absolute Gasteiger partial charge is 0.639 e. The fraction of sp³-hybridized carbons (Fsp3) is 0.889.